The molecular formula is C34H28N2. The van der Waals surface area contributed by atoms with Gasteiger partial charge in [-0.3, -0.25) is 0 Å². The SMILES string of the molecule is Cc1ccc2c3ccc(C)cc3n(-c3cccc(-n4c5cc(C)ccc5c5ccc(C)cc54)c3)c2c1. The van der Waals surface area contributed by atoms with Crippen molar-refractivity contribution in [3.8, 4) is 11.4 Å². The molecule has 0 aliphatic rings. The number of hydrogen-bond acceptors (Lipinski definition) is 0. The molecule has 7 rings (SSSR count). The molecule has 36 heavy (non-hydrogen) atoms. The normalized spacial score (nSPS) is 11.9. The lowest BCUT2D eigenvalue weighted by Gasteiger charge is -2.13. The van der Waals surface area contributed by atoms with Gasteiger partial charge in [-0.05, 0) is 92.4 Å². The van der Waals surface area contributed by atoms with Crippen molar-refractivity contribution in [1.82, 2.24) is 9.13 Å². The third-order valence-electron chi connectivity index (χ3n) is 7.50. The highest BCUT2D eigenvalue weighted by Gasteiger charge is 2.16. The molecule has 0 atom stereocenters. The zero-order valence-electron chi connectivity index (χ0n) is 21.1. The van der Waals surface area contributed by atoms with Crippen LogP contribution in [0.1, 0.15) is 22.3 Å². The summed E-state index contributed by atoms with van der Waals surface area (Å²) in [5.74, 6) is 0. The summed E-state index contributed by atoms with van der Waals surface area (Å²) in [7, 11) is 0. The summed E-state index contributed by atoms with van der Waals surface area (Å²) < 4.78 is 4.86. The highest BCUT2D eigenvalue weighted by molar-refractivity contribution is 6.11. The van der Waals surface area contributed by atoms with Crippen LogP contribution in [-0.4, -0.2) is 9.13 Å². The molecule has 0 aliphatic heterocycles. The maximum absolute atomic E-state index is 2.43. The zero-order valence-corrected chi connectivity index (χ0v) is 21.1. The van der Waals surface area contributed by atoms with E-state index >= 15 is 0 Å². The Morgan fingerprint density at radius 2 is 0.667 bits per heavy atom. The smallest absolute Gasteiger partial charge is 0.0543 e. The Bertz CT molecular complexity index is 1720. The van der Waals surface area contributed by atoms with Crippen LogP contribution in [0.5, 0.6) is 0 Å². The van der Waals surface area contributed by atoms with E-state index in [4.69, 9.17) is 0 Å². The Morgan fingerprint density at radius 1 is 0.361 bits per heavy atom. The first kappa shape index (κ1) is 21.0. The van der Waals surface area contributed by atoms with Crippen LogP contribution in [0.15, 0.2) is 97.1 Å². The van der Waals surface area contributed by atoms with Gasteiger partial charge in [-0.25, -0.2) is 0 Å². The van der Waals surface area contributed by atoms with Gasteiger partial charge in [-0.2, -0.15) is 0 Å². The van der Waals surface area contributed by atoms with Crippen LogP contribution in [0, 0.1) is 27.7 Å². The molecule has 0 bridgehead atoms. The summed E-state index contributed by atoms with van der Waals surface area (Å²) in [5.41, 5.74) is 12.4. The molecular weight excluding hydrogens is 436 g/mol. The Balaban J connectivity index is 1.57. The summed E-state index contributed by atoms with van der Waals surface area (Å²) in [6.45, 7) is 8.69. The van der Waals surface area contributed by atoms with Crippen molar-refractivity contribution in [1.29, 1.82) is 0 Å². The van der Waals surface area contributed by atoms with Crippen LogP contribution in [0.2, 0.25) is 0 Å². The molecule has 0 saturated heterocycles. The van der Waals surface area contributed by atoms with E-state index in [-0.39, 0.29) is 0 Å². The van der Waals surface area contributed by atoms with E-state index in [1.165, 1.54) is 77.2 Å². The third kappa shape index (κ3) is 3.04. The molecule has 0 fully saturated rings. The van der Waals surface area contributed by atoms with E-state index in [9.17, 15) is 0 Å². The standard InChI is InChI=1S/C34H28N2/c1-21-8-12-27-28-13-9-22(2)17-32(28)35(31(27)16-21)25-6-5-7-26(20-25)36-33-18-23(3)10-14-29(33)30-15-11-24(4)19-34(30)36/h5-20H,1-4H3. The maximum Gasteiger partial charge on any atom is 0.0543 e. The molecule has 0 N–H and O–H groups in total. The van der Waals surface area contributed by atoms with E-state index in [1.54, 1.807) is 0 Å². The molecule has 7 aromatic rings. The van der Waals surface area contributed by atoms with Crippen molar-refractivity contribution < 1.29 is 0 Å². The molecule has 0 aliphatic carbocycles. The fourth-order valence-electron chi connectivity index (χ4n) is 5.80. The van der Waals surface area contributed by atoms with Gasteiger partial charge in [0.25, 0.3) is 0 Å². The van der Waals surface area contributed by atoms with Gasteiger partial charge in [0.1, 0.15) is 0 Å². The monoisotopic (exact) mass is 464 g/mol. The van der Waals surface area contributed by atoms with Gasteiger partial charge in [0.15, 0.2) is 0 Å². The summed E-state index contributed by atoms with van der Waals surface area (Å²) in [6, 6.07) is 36.2. The first-order valence-electron chi connectivity index (χ1n) is 12.6. The average molecular weight is 465 g/mol. The minimum absolute atomic E-state index is 1.18. The van der Waals surface area contributed by atoms with Crippen LogP contribution in [0.3, 0.4) is 0 Å². The number of benzene rings is 5. The van der Waals surface area contributed by atoms with Gasteiger partial charge in [-0.15, -0.1) is 0 Å². The van der Waals surface area contributed by atoms with Crippen molar-refractivity contribution in [2.75, 3.05) is 0 Å². The van der Waals surface area contributed by atoms with Crippen LogP contribution < -0.4 is 0 Å². The lowest BCUT2D eigenvalue weighted by Crippen LogP contribution is -1.99. The zero-order chi connectivity index (χ0) is 24.6. The first-order valence-corrected chi connectivity index (χ1v) is 12.6. The molecule has 5 aromatic carbocycles. The Labute approximate surface area is 211 Å². The summed E-state index contributed by atoms with van der Waals surface area (Å²) in [6.07, 6.45) is 0. The van der Waals surface area contributed by atoms with E-state index < -0.39 is 0 Å². The van der Waals surface area contributed by atoms with Crippen LogP contribution >= 0.6 is 0 Å². The molecule has 0 saturated carbocycles. The minimum atomic E-state index is 1.18. The average Bonchev–Trinajstić information content (AvgIpc) is 3.34. The van der Waals surface area contributed by atoms with Crippen LogP contribution in [0.4, 0.5) is 0 Å². The lowest BCUT2D eigenvalue weighted by molar-refractivity contribution is 1.13. The second-order valence-electron chi connectivity index (χ2n) is 10.3. The predicted molar refractivity (Wildman–Crippen MR) is 154 cm³/mol. The summed E-state index contributed by atoms with van der Waals surface area (Å²) in [5, 5.41) is 5.18. The molecule has 0 amide bonds. The number of fused-ring (bicyclic) bond motifs is 6. The molecule has 2 aromatic heterocycles. The number of aryl methyl sites for hydroxylation is 4. The van der Waals surface area contributed by atoms with Gasteiger partial charge in [0.2, 0.25) is 0 Å². The van der Waals surface area contributed by atoms with Crippen molar-refractivity contribution in [2.24, 2.45) is 0 Å². The fourth-order valence-corrected chi connectivity index (χ4v) is 5.80. The molecule has 0 unspecified atom stereocenters. The third-order valence-corrected chi connectivity index (χ3v) is 7.50. The van der Waals surface area contributed by atoms with E-state index in [0.29, 0.717) is 0 Å². The molecule has 0 spiro atoms. The minimum Gasteiger partial charge on any atom is -0.309 e. The van der Waals surface area contributed by atoms with E-state index in [0.717, 1.165) is 0 Å². The van der Waals surface area contributed by atoms with Crippen molar-refractivity contribution in [3.63, 3.8) is 0 Å². The number of nitrogens with zero attached hydrogens (tertiary/aromatic N) is 2. The Hall–Kier alpha value is -4.30. The van der Waals surface area contributed by atoms with E-state index in [1.807, 2.05) is 0 Å². The number of hydrogen-bond donors (Lipinski definition) is 0. The second-order valence-corrected chi connectivity index (χ2v) is 10.3. The fraction of sp³-hybridized carbons (Fsp3) is 0.118. The molecule has 174 valence electrons. The van der Waals surface area contributed by atoms with Crippen molar-refractivity contribution in [2.45, 2.75) is 27.7 Å². The second kappa shape index (κ2) is 7.60. The summed E-state index contributed by atoms with van der Waals surface area (Å²) in [4.78, 5) is 0. The van der Waals surface area contributed by atoms with E-state index in [2.05, 4.69) is 134 Å². The van der Waals surface area contributed by atoms with Gasteiger partial charge in [-0.1, -0.05) is 54.6 Å². The van der Waals surface area contributed by atoms with Gasteiger partial charge in [0, 0.05) is 32.9 Å². The quantitative estimate of drug-likeness (QED) is 0.241. The predicted octanol–water partition coefficient (Wildman–Crippen LogP) is 9.11. The number of rotatable bonds is 2. The lowest BCUT2D eigenvalue weighted by atomic mass is 10.1. The number of aromatic nitrogens is 2. The van der Waals surface area contributed by atoms with Crippen LogP contribution in [-0.2, 0) is 0 Å². The highest BCUT2D eigenvalue weighted by atomic mass is 15.0. The topological polar surface area (TPSA) is 9.86 Å². The molecule has 0 radical (unpaired) electrons. The molecule has 2 heterocycles. The van der Waals surface area contributed by atoms with Gasteiger partial charge >= 0.3 is 0 Å². The molecule has 2 nitrogen and oxygen atoms in total. The largest absolute Gasteiger partial charge is 0.309 e. The molecule has 2 heteroatoms. The summed E-state index contributed by atoms with van der Waals surface area (Å²) >= 11 is 0. The van der Waals surface area contributed by atoms with Crippen molar-refractivity contribution >= 4 is 43.6 Å². The van der Waals surface area contributed by atoms with Crippen molar-refractivity contribution in [3.05, 3.63) is 119 Å². The van der Waals surface area contributed by atoms with Gasteiger partial charge in [0.05, 0.1) is 22.1 Å². The van der Waals surface area contributed by atoms with Gasteiger partial charge < -0.3 is 9.13 Å². The Morgan fingerprint density at radius 3 is 0.972 bits per heavy atom. The van der Waals surface area contributed by atoms with Crippen LogP contribution in [0.25, 0.3) is 55.0 Å². The maximum atomic E-state index is 2.43. The first-order chi connectivity index (χ1) is 17.5. The highest BCUT2D eigenvalue weighted by Crippen LogP contribution is 2.36. The Kier molecular flexibility index (Phi) is 4.44.